The van der Waals surface area contributed by atoms with E-state index in [-0.39, 0.29) is 12.4 Å². The fourth-order valence-electron chi connectivity index (χ4n) is 2.24. The Kier molecular flexibility index (Phi) is 7.35. The molecule has 0 aromatic heterocycles. The van der Waals surface area contributed by atoms with Crippen LogP contribution in [0.25, 0.3) is 0 Å². The fourth-order valence-corrected chi connectivity index (χ4v) is 3.11. The van der Waals surface area contributed by atoms with Crippen LogP contribution in [-0.2, 0) is 14.9 Å². The number of benzene rings is 1. The van der Waals surface area contributed by atoms with Gasteiger partial charge in [-0.2, -0.15) is 12.7 Å². The summed E-state index contributed by atoms with van der Waals surface area (Å²) in [5, 5.41) is 9.18. The van der Waals surface area contributed by atoms with Crippen LogP contribution >= 0.6 is 35.6 Å². The second kappa shape index (κ2) is 8.12. The third-order valence-electron chi connectivity index (χ3n) is 3.42. The van der Waals surface area contributed by atoms with E-state index < -0.39 is 22.4 Å². The monoisotopic (exact) mass is 389 g/mol. The van der Waals surface area contributed by atoms with Gasteiger partial charge in [-0.25, -0.2) is 5.14 Å². The van der Waals surface area contributed by atoms with E-state index in [2.05, 4.69) is 5.32 Å². The molecule has 2 rings (SSSR count). The Morgan fingerprint density at radius 1 is 1.36 bits per heavy atom. The van der Waals surface area contributed by atoms with Gasteiger partial charge in [0.15, 0.2) is 0 Å². The van der Waals surface area contributed by atoms with Crippen molar-refractivity contribution in [1.29, 1.82) is 0 Å². The first-order valence-electron chi connectivity index (χ1n) is 6.33. The van der Waals surface area contributed by atoms with E-state index in [0.717, 1.165) is 9.87 Å². The van der Waals surface area contributed by atoms with Crippen molar-refractivity contribution in [2.45, 2.75) is 12.1 Å². The molecule has 0 radical (unpaired) electrons. The highest BCUT2D eigenvalue weighted by Crippen LogP contribution is 2.31. The highest BCUT2D eigenvalue weighted by molar-refractivity contribution is 7.86. The smallest absolute Gasteiger partial charge is 0.277 e. The number of rotatable bonds is 3. The van der Waals surface area contributed by atoms with Gasteiger partial charge in [-0.15, -0.1) is 12.4 Å². The first-order chi connectivity index (χ1) is 9.80. The number of halogens is 3. The molecule has 1 fully saturated rings. The zero-order valence-corrected chi connectivity index (χ0v) is 15.0. The minimum absolute atomic E-state index is 0. The van der Waals surface area contributed by atoms with Crippen molar-refractivity contribution in [2.24, 2.45) is 5.14 Å². The summed E-state index contributed by atoms with van der Waals surface area (Å²) in [7, 11) is -2.39. The number of nitrogens with two attached hydrogens (primary N) is 1. The standard InChI is InChI=1S/C12H17Cl2N3O3S.ClH/c1-17(21(15,18)19)11-7-16-4-5-20-12(11)8-2-3-9(13)10(14)6-8;/h2-3,6,11-12,16H,4-5,7H2,1H3,(H2,15,18,19);1H/t11-,12+;/m1./s1. The predicted octanol–water partition coefficient (Wildman–Crippen LogP) is 1.58. The molecule has 0 saturated carbocycles. The number of likely N-dealkylation sites (N-methyl/N-ethyl adjacent to an activating group) is 1. The Hall–Kier alpha value is -0.120. The molecule has 1 aromatic carbocycles. The second-order valence-electron chi connectivity index (χ2n) is 4.80. The zero-order valence-electron chi connectivity index (χ0n) is 11.8. The Labute approximate surface area is 146 Å². The lowest BCUT2D eigenvalue weighted by Crippen LogP contribution is -2.48. The molecule has 22 heavy (non-hydrogen) atoms. The maximum Gasteiger partial charge on any atom is 0.277 e. The Morgan fingerprint density at radius 2 is 2.05 bits per heavy atom. The van der Waals surface area contributed by atoms with Crippen LogP contribution in [0.2, 0.25) is 10.0 Å². The second-order valence-corrected chi connectivity index (χ2v) is 7.22. The van der Waals surface area contributed by atoms with Gasteiger partial charge in [0.05, 0.1) is 22.7 Å². The number of ether oxygens (including phenoxy) is 1. The van der Waals surface area contributed by atoms with Crippen molar-refractivity contribution in [3.05, 3.63) is 33.8 Å². The molecular weight excluding hydrogens is 373 g/mol. The minimum atomic E-state index is -3.82. The highest BCUT2D eigenvalue weighted by Gasteiger charge is 2.34. The Morgan fingerprint density at radius 3 is 2.64 bits per heavy atom. The summed E-state index contributed by atoms with van der Waals surface area (Å²) in [5.74, 6) is 0. The van der Waals surface area contributed by atoms with Crippen molar-refractivity contribution in [2.75, 3.05) is 26.7 Å². The van der Waals surface area contributed by atoms with Crippen molar-refractivity contribution >= 4 is 45.8 Å². The maximum atomic E-state index is 11.6. The lowest BCUT2D eigenvalue weighted by atomic mass is 10.0. The van der Waals surface area contributed by atoms with E-state index in [1.54, 1.807) is 18.2 Å². The summed E-state index contributed by atoms with van der Waals surface area (Å²) in [6.45, 7) is 1.52. The molecule has 1 heterocycles. The average Bonchev–Trinajstić information content (AvgIpc) is 2.65. The van der Waals surface area contributed by atoms with Crippen molar-refractivity contribution in [3.63, 3.8) is 0 Å². The van der Waals surface area contributed by atoms with Gasteiger partial charge in [0.25, 0.3) is 10.2 Å². The molecule has 0 aliphatic carbocycles. The molecule has 0 spiro atoms. The maximum absolute atomic E-state index is 11.6. The zero-order chi connectivity index (χ0) is 15.6. The van der Waals surface area contributed by atoms with E-state index in [1.807, 2.05) is 0 Å². The average molecular weight is 391 g/mol. The molecule has 0 amide bonds. The van der Waals surface area contributed by atoms with Crippen molar-refractivity contribution in [1.82, 2.24) is 9.62 Å². The Bertz CT molecular complexity index is 615. The molecule has 126 valence electrons. The number of nitrogens with zero attached hydrogens (tertiary/aromatic N) is 1. The molecule has 3 N–H and O–H groups in total. The number of hydrogen-bond donors (Lipinski definition) is 2. The van der Waals surface area contributed by atoms with E-state index in [1.165, 1.54) is 7.05 Å². The molecule has 10 heteroatoms. The summed E-state index contributed by atoms with van der Waals surface area (Å²) >= 11 is 11.9. The largest absolute Gasteiger partial charge is 0.370 e. The van der Waals surface area contributed by atoms with Gasteiger partial charge in [-0.1, -0.05) is 29.3 Å². The van der Waals surface area contributed by atoms with Crippen LogP contribution in [0.1, 0.15) is 11.7 Å². The van der Waals surface area contributed by atoms with E-state index >= 15 is 0 Å². The Balaban J connectivity index is 0.00000242. The third-order valence-corrected chi connectivity index (χ3v) is 5.23. The highest BCUT2D eigenvalue weighted by atomic mass is 35.5. The van der Waals surface area contributed by atoms with Crippen LogP contribution in [0.3, 0.4) is 0 Å². The van der Waals surface area contributed by atoms with Crippen LogP contribution in [0.15, 0.2) is 18.2 Å². The van der Waals surface area contributed by atoms with Gasteiger partial charge in [0.1, 0.15) is 6.10 Å². The quantitative estimate of drug-likeness (QED) is 0.820. The normalized spacial score (nSPS) is 23.0. The molecule has 1 aromatic rings. The molecular formula is C12H18Cl3N3O3S. The van der Waals surface area contributed by atoms with Crippen LogP contribution in [0.5, 0.6) is 0 Å². The van der Waals surface area contributed by atoms with Crippen molar-refractivity contribution in [3.8, 4) is 0 Å². The topological polar surface area (TPSA) is 84.7 Å². The van der Waals surface area contributed by atoms with E-state index in [9.17, 15) is 8.42 Å². The van der Waals surface area contributed by atoms with Gasteiger partial charge in [0.2, 0.25) is 0 Å². The van der Waals surface area contributed by atoms with Gasteiger partial charge in [-0.05, 0) is 17.7 Å². The predicted molar refractivity (Wildman–Crippen MR) is 89.9 cm³/mol. The summed E-state index contributed by atoms with van der Waals surface area (Å²) in [5.41, 5.74) is 0.758. The molecule has 1 aliphatic heterocycles. The van der Waals surface area contributed by atoms with Crippen LogP contribution in [0.4, 0.5) is 0 Å². The summed E-state index contributed by atoms with van der Waals surface area (Å²) < 4.78 is 30.1. The minimum Gasteiger partial charge on any atom is -0.370 e. The van der Waals surface area contributed by atoms with Gasteiger partial charge in [0, 0.05) is 20.1 Å². The number of nitrogens with one attached hydrogen (secondary N) is 1. The summed E-state index contributed by atoms with van der Waals surface area (Å²) in [4.78, 5) is 0. The third kappa shape index (κ3) is 4.69. The summed E-state index contributed by atoms with van der Waals surface area (Å²) in [6.07, 6.45) is -0.474. The van der Waals surface area contributed by atoms with Crippen LogP contribution in [0, 0.1) is 0 Å². The lowest BCUT2D eigenvalue weighted by Gasteiger charge is -2.31. The molecule has 1 aliphatic rings. The lowest BCUT2D eigenvalue weighted by molar-refractivity contribution is 0.0286. The number of hydrogen-bond acceptors (Lipinski definition) is 4. The fraction of sp³-hybridized carbons (Fsp3) is 0.500. The molecule has 0 unspecified atom stereocenters. The van der Waals surface area contributed by atoms with Crippen molar-refractivity contribution < 1.29 is 13.2 Å². The van der Waals surface area contributed by atoms with Gasteiger partial charge < -0.3 is 10.1 Å². The van der Waals surface area contributed by atoms with Crippen LogP contribution in [-0.4, -0.2) is 45.5 Å². The van der Waals surface area contributed by atoms with E-state index in [4.69, 9.17) is 33.1 Å². The first kappa shape index (κ1) is 19.9. The SMILES string of the molecule is CN([C@@H]1CNCCO[C@H]1c1ccc(Cl)c(Cl)c1)S(N)(=O)=O.Cl. The summed E-state index contributed by atoms with van der Waals surface area (Å²) in [6, 6.07) is 4.65. The van der Waals surface area contributed by atoms with Gasteiger partial charge >= 0.3 is 0 Å². The van der Waals surface area contributed by atoms with Crippen LogP contribution < -0.4 is 10.5 Å². The molecule has 6 nitrogen and oxygen atoms in total. The van der Waals surface area contributed by atoms with E-state index in [0.29, 0.717) is 29.7 Å². The molecule has 2 atom stereocenters. The van der Waals surface area contributed by atoms with Gasteiger partial charge in [-0.3, -0.25) is 0 Å². The first-order valence-corrected chi connectivity index (χ1v) is 8.59. The molecule has 1 saturated heterocycles. The molecule has 0 bridgehead atoms.